The van der Waals surface area contributed by atoms with Crippen LogP contribution < -0.4 is 10.5 Å². The summed E-state index contributed by atoms with van der Waals surface area (Å²) in [6.07, 6.45) is 0. The number of sulfonamides is 1. The van der Waals surface area contributed by atoms with Gasteiger partial charge >= 0.3 is 0 Å². The number of rotatable bonds is 5. The second-order valence-corrected chi connectivity index (χ2v) is 6.27. The molecule has 3 N–H and O–H groups in total. The van der Waals surface area contributed by atoms with E-state index in [0.717, 1.165) is 5.69 Å². The van der Waals surface area contributed by atoms with E-state index >= 15 is 0 Å². The highest BCUT2D eigenvalue weighted by molar-refractivity contribution is 7.89. The van der Waals surface area contributed by atoms with Crippen LogP contribution in [0.15, 0.2) is 27.0 Å². The first kappa shape index (κ1) is 13.2. The average molecular weight is 287 g/mol. The highest BCUT2D eigenvalue weighted by atomic mass is 32.2. The lowest BCUT2D eigenvalue weighted by molar-refractivity contribution is 0.412. The summed E-state index contributed by atoms with van der Waals surface area (Å²) in [5.74, 6) is 0.431. The fourth-order valence-electron chi connectivity index (χ4n) is 1.32. The van der Waals surface area contributed by atoms with Gasteiger partial charge in [-0.3, -0.25) is 0 Å². The van der Waals surface area contributed by atoms with Gasteiger partial charge in [-0.2, -0.15) is 0 Å². The van der Waals surface area contributed by atoms with Gasteiger partial charge in [0, 0.05) is 11.1 Å². The molecule has 0 saturated heterocycles. The summed E-state index contributed by atoms with van der Waals surface area (Å²) in [6, 6.07) is 2.93. The molecule has 0 aliphatic carbocycles. The van der Waals surface area contributed by atoms with Crippen molar-refractivity contribution in [2.45, 2.75) is 25.1 Å². The van der Waals surface area contributed by atoms with Crippen LogP contribution in [0.4, 0.5) is 0 Å². The Balaban J connectivity index is 2.07. The smallest absolute Gasteiger partial charge is 0.274 e. The fourth-order valence-corrected chi connectivity index (χ4v) is 3.06. The highest BCUT2D eigenvalue weighted by Gasteiger charge is 2.18. The first-order valence-corrected chi connectivity index (χ1v) is 7.57. The van der Waals surface area contributed by atoms with Crippen molar-refractivity contribution in [3.63, 3.8) is 0 Å². The van der Waals surface area contributed by atoms with Gasteiger partial charge in [-0.25, -0.2) is 18.1 Å². The lowest BCUT2D eigenvalue weighted by Crippen LogP contribution is -2.22. The summed E-state index contributed by atoms with van der Waals surface area (Å²) in [5.41, 5.74) is 6.23. The molecule has 0 unspecified atom stereocenters. The average Bonchev–Trinajstić information content (AvgIpc) is 2.95. The predicted octanol–water partition coefficient (Wildman–Crippen LogP) is 0.982. The van der Waals surface area contributed by atoms with Crippen LogP contribution in [0.3, 0.4) is 0 Å². The monoisotopic (exact) mass is 287 g/mol. The first-order chi connectivity index (χ1) is 8.51. The Labute approximate surface area is 109 Å². The molecule has 0 amide bonds. The summed E-state index contributed by atoms with van der Waals surface area (Å²) in [7, 11) is -3.64. The van der Waals surface area contributed by atoms with Gasteiger partial charge in [-0.15, -0.1) is 11.3 Å². The molecular formula is C10H13N3O3S2. The van der Waals surface area contributed by atoms with Crippen molar-refractivity contribution in [3.8, 4) is 0 Å². The molecule has 0 spiro atoms. The molecule has 0 aliphatic rings. The number of hydrogen-bond donors (Lipinski definition) is 2. The van der Waals surface area contributed by atoms with E-state index in [0.29, 0.717) is 10.8 Å². The number of hydrogen-bond acceptors (Lipinski definition) is 6. The third-order valence-electron chi connectivity index (χ3n) is 2.18. The lowest BCUT2D eigenvalue weighted by atomic mass is 10.5. The molecule has 0 fully saturated rings. The fraction of sp³-hybridized carbons (Fsp3) is 0.300. The van der Waals surface area contributed by atoms with Crippen molar-refractivity contribution in [1.82, 2.24) is 9.71 Å². The molecule has 0 radical (unpaired) electrons. The van der Waals surface area contributed by atoms with Crippen LogP contribution in [0.1, 0.15) is 16.5 Å². The van der Waals surface area contributed by atoms with Gasteiger partial charge in [0.05, 0.1) is 13.1 Å². The van der Waals surface area contributed by atoms with E-state index in [1.54, 1.807) is 6.07 Å². The van der Waals surface area contributed by atoms with Crippen molar-refractivity contribution in [1.29, 1.82) is 0 Å². The predicted molar refractivity (Wildman–Crippen MR) is 67.5 cm³/mol. The first-order valence-electron chi connectivity index (χ1n) is 5.21. The Morgan fingerprint density at radius 2 is 2.28 bits per heavy atom. The molecule has 0 bridgehead atoms. The molecule has 8 heteroatoms. The van der Waals surface area contributed by atoms with Crippen molar-refractivity contribution < 1.29 is 12.8 Å². The van der Waals surface area contributed by atoms with Crippen LogP contribution in [0.25, 0.3) is 0 Å². The van der Waals surface area contributed by atoms with Gasteiger partial charge in [-0.1, -0.05) is 0 Å². The minimum atomic E-state index is -3.64. The number of nitrogens with two attached hydrogens (primary N) is 1. The SMILES string of the molecule is Cc1csc(CNS(=O)(=O)c2ccc(CN)o2)n1. The standard InChI is InChI=1S/C10H13N3O3S2/c1-7-6-17-9(13-7)5-12-18(14,15)10-3-2-8(4-11)16-10/h2-3,6,12H,4-5,11H2,1H3. The molecule has 98 valence electrons. The molecule has 0 aromatic carbocycles. The molecule has 6 nitrogen and oxygen atoms in total. The minimum absolute atomic E-state index is 0.128. The number of thiazole rings is 1. The maximum atomic E-state index is 11.9. The second-order valence-electron chi connectivity index (χ2n) is 3.63. The number of aromatic nitrogens is 1. The molecule has 2 aromatic heterocycles. The van der Waals surface area contributed by atoms with Gasteiger partial charge in [0.15, 0.2) is 0 Å². The summed E-state index contributed by atoms with van der Waals surface area (Å²) in [4.78, 5) is 4.17. The van der Waals surface area contributed by atoms with Crippen LogP contribution in [0.2, 0.25) is 0 Å². The van der Waals surface area contributed by atoms with Crippen LogP contribution in [0, 0.1) is 6.92 Å². The normalized spacial score (nSPS) is 11.9. The van der Waals surface area contributed by atoms with Gasteiger partial charge < -0.3 is 10.2 Å². The topological polar surface area (TPSA) is 98.2 Å². The zero-order valence-corrected chi connectivity index (χ0v) is 11.3. The van der Waals surface area contributed by atoms with Crippen LogP contribution in [-0.2, 0) is 23.1 Å². The molecule has 18 heavy (non-hydrogen) atoms. The Morgan fingerprint density at radius 1 is 1.50 bits per heavy atom. The third kappa shape index (κ3) is 2.96. The van der Waals surface area contributed by atoms with Gasteiger partial charge in [0.2, 0.25) is 5.09 Å². The zero-order chi connectivity index (χ0) is 13.2. The van der Waals surface area contributed by atoms with Gasteiger partial charge in [-0.05, 0) is 19.1 Å². The quantitative estimate of drug-likeness (QED) is 0.854. The molecule has 2 heterocycles. The number of nitrogens with zero attached hydrogens (tertiary/aromatic N) is 1. The van der Waals surface area contributed by atoms with E-state index in [2.05, 4.69) is 9.71 Å². The van der Waals surface area contributed by atoms with E-state index < -0.39 is 10.0 Å². The maximum absolute atomic E-state index is 11.9. The van der Waals surface area contributed by atoms with E-state index in [-0.39, 0.29) is 18.2 Å². The van der Waals surface area contributed by atoms with Gasteiger partial charge in [0.1, 0.15) is 10.8 Å². The Morgan fingerprint density at radius 3 is 2.83 bits per heavy atom. The summed E-state index contributed by atoms with van der Waals surface area (Å²) < 4.78 is 31.3. The van der Waals surface area contributed by atoms with Crippen molar-refractivity contribution in [2.75, 3.05) is 0 Å². The van der Waals surface area contributed by atoms with Gasteiger partial charge in [0.25, 0.3) is 10.0 Å². The van der Waals surface area contributed by atoms with E-state index in [1.807, 2.05) is 12.3 Å². The zero-order valence-electron chi connectivity index (χ0n) is 9.71. The van der Waals surface area contributed by atoms with E-state index in [1.165, 1.54) is 17.4 Å². The van der Waals surface area contributed by atoms with E-state index in [9.17, 15) is 8.42 Å². The van der Waals surface area contributed by atoms with Crippen molar-refractivity contribution >= 4 is 21.4 Å². The van der Waals surface area contributed by atoms with E-state index in [4.69, 9.17) is 10.2 Å². The molecule has 2 aromatic rings. The molecule has 2 rings (SSSR count). The highest BCUT2D eigenvalue weighted by Crippen LogP contribution is 2.14. The largest absolute Gasteiger partial charge is 0.447 e. The Kier molecular flexibility index (Phi) is 3.81. The number of furan rings is 1. The minimum Gasteiger partial charge on any atom is -0.447 e. The van der Waals surface area contributed by atoms with Crippen LogP contribution in [0.5, 0.6) is 0 Å². The van der Waals surface area contributed by atoms with Crippen LogP contribution in [-0.4, -0.2) is 13.4 Å². The Bertz CT molecular complexity index is 630. The summed E-state index contributed by atoms with van der Waals surface area (Å²) in [5, 5.41) is 2.45. The van der Waals surface area contributed by atoms with Crippen molar-refractivity contribution in [3.05, 3.63) is 34.0 Å². The number of aryl methyl sites for hydroxylation is 1. The summed E-state index contributed by atoms with van der Waals surface area (Å²) >= 11 is 1.41. The van der Waals surface area contributed by atoms with Crippen LogP contribution >= 0.6 is 11.3 Å². The lowest BCUT2D eigenvalue weighted by Gasteiger charge is -2.01. The molecule has 0 saturated carbocycles. The molecule has 0 aliphatic heterocycles. The maximum Gasteiger partial charge on any atom is 0.274 e. The molecule has 0 atom stereocenters. The molecular weight excluding hydrogens is 274 g/mol. The second kappa shape index (κ2) is 5.19. The number of nitrogens with one attached hydrogen (secondary N) is 1. The third-order valence-corrected chi connectivity index (χ3v) is 4.42. The summed E-state index contributed by atoms with van der Waals surface area (Å²) in [6.45, 7) is 2.18. The Hall–Kier alpha value is -1.22. The van der Waals surface area contributed by atoms with Crippen molar-refractivity contribution in [2.24, 2.45) is 5.73 Å².